The van der Waals surface area contributed by atoms with Crippen LogP contribution in [0.2, 0.25) is 0 Å². The molecule has 0 atom stereocenters. The highest BCUT2D eigenvalue weighted by molar-refractivity contribution is 9.10. The molecule has 0 aliphatic carbocycles. The number of hydrogen-bond acceptors (Lipinski definition) is 4. The minimum Gasteiger partial charge on any atom is -0.452 e. The summed E-state index contributed by atoms with van der Waals surface area (Å²) in [6.45, 7) is 2.31. The summed E-state index contributed by atoms with van der Waals surface area (Å²) < 4.78 is 67.4. The number of nitrogens with zero attached hydrogens (tertiary/aromatic N) is 1. The summed E-state index contributed by atoms with van der Waals surface area (Å²) in [5, 5.41) is 2.93. The second-order valence-corrected chi connectivity index (χ2v) is 6.80. The third-order valence-electron chi connectivity index (χ3n) is 2.58. The number of nitrogens with one attached hydrogen (secondary N) is 1. The maximum absolute atomic E-state index is 12.5. The van der Waals surface area contributed by atoms with Gasteiger partial charge < -0.3 is 9.73 Å². The molecule has 0 spiro atoms. The first-order chi connectivity index (χ1) is 9.61. The van der Waals surface area contributed by atoms with Gasteiger partial charge in [0.1, 0.15) is 17.2 Å². The lowest BCUT2D eigenvalue weighted by Crippen LogP contribution is -2.38. The summed E-state index contributed by atoms with van der Waals surface area (Å²) in [5.74, 6) is 0.324. The van der Waals surface area contributed by atoms with Gasteiger partial charge in [-0.3, -0.25) is 0 Å². The largest absolute Gasteiger partial charge is 0.452 e. The molecule has 1 aromatic rings. The lowest BCUT2D eigenvalue weighted by molar-refractivity contribution is -0.135. The van der Waals surface area contributed by atoms with E-state index >= 15 is 0 Å². The van der Waals surface area contributed by atoms with Crippen molar-refractivity contribution in [2.75, 3.05) is 19.6 Å². The SMILES string of the molecule is CCNCc1cc(S(=O)(=O)N(CC)CC(F)(F)F)c(Br)o1. The highest BCUT2D eigenvalue weighted by atomic mass is 79.9. The lowest BCUT2D eigenvalue weighted by Gasteiger charge is -2.21. The van der Waals surface area contributed by atoms with Crippen molar-refractivity contribution in [2.45, 2.75) is 31.5 Å². The molecule has 0 aliphatic heterocycles. The Kier molecular flexibility index (Phi) is 6.26. The average Bonchev–Trinajstić information content (AvgIpc) is 2.74. The van der Waals surface area contributed by atoms with Crippen LogP contribution in [0.4, 0.5) is 13.2 Å². The van der Waals surface area contributed by atoms with E-state index in [9.17, 15) is 21.6 Å². The number of halogens is 4. The summed E-state index contributed by atoms with van der Waals surface area (Å²) in [4.78, 5) is -0.304. The van der Waals surface area contributed by atoms with E-state index in [1.165, 1.54) is 13.0 Å². The number of rotatable bonds is 7. The lowest BCUT2D eigenvalue weighted by atomic mass is 10.4. The molecule has 5 nitrogen and oxygen atoms in total. The molecule has 0 radical (unpaired) electrons. The van der Waals surface area contributed by atoms with Crippen molar-refractivity contribution in [1.82, 2.24) is 9.62 Å². The highest BCUT2D eigenvalue weighted by Crippen LogP contribution is 2.30. The molecule has 0 aliphatic rings. The fourth-order valence-corrected chi connectivity index (χ4v) is 4.01. The molecule has 21 heavy (non-hydrogen) atoms. The fourth-order valence-electron chi connectivity index (χ4n) is 1.61. The first-order valence-corrected chi connectivity index (χ1v) is 8.41. The van der Waals surface area contributed by atoms with E-state index in [1.54, 1.807) is 0 Å². The summed E-state index contributed by atoms with van der Waals surface area (Å²) in [5.41, 5.74) is 0. The van der Waals surface area contributed by atoms with Crippen molar-refractivity contribution in [3.63, 3.8) is 0 Å². The quantitative estimate of drug-likeness (QED) is 0.774. The molecule has 0 saturated carbocycles. The molecule has 1 aromatic heterocycles. The van der Waals surface area contributed by atoms with Crippen LogP contribution in [0, 0.1) is 0 Å². The number of hydrogen-bond donors (Lipinski definition) is 1. The van der Waals surface area contributed by atoms with Gasteiger partial charge in [0, 0.05) is 12.6 Å². The Morgan fingerprint density at radius 3 is 2.48 bits per heavy atom. The van der Waals surface area contributed by atoms with Gasteiger partial charge in [0.25, 0.3) is 0 Å². The molecule has 1 heterocycles. The van der Waals surface area contributed by atoms with E-state index in [4.69, 9.17) is 4.42 Å². The molecule has 1 rings (SSSR count). The van der Waals surface area contributed by atoms with Crippen LogP contribution in [0.1, 0.15) is 19.6 Å². The summed E-state index contributed by atoms with van der Waals surface area (Å²) >= 11 is 2.94. The summed E-state index contributed by atoms with van der Waals surface area (Å²) in [7, 11) is -4.27. The Hall–Kier alpha value is -0.580. The fraction of sp³-hybridized carbons (Fsp3) is 0.636. The van der Waals surface area contributed by atoms with Gasteiger partial charge in [0.2, 0.25) is 10.0 Å². The Morgan fingerprint density at radius 1 is 1.38 bits per heavy atom. The first-order valence-electron chi connectivity index (χ1n) is 6.17. The van der Waals surface area contributed by atoms with E-state index in [-0.39, 0.29) is 22.7 Å². The van der Waals surface area contributed by atoms with E-state index in [0.717, 1.165) is 0 Å². The molecule has 0 saturated heterocycles. The number of sulfonamides is 1. The molecule has 0 fully saturated rings. The zero-order valence-electron chi connectivity index (χ0n) is 11.5. The average molecular weight is 393 g/mol. The van der Waals surface area contributed by atoms with Gasteiger partial charge in [-0.05, 0) is 22.5 Å². The van der Waals surface area contributed by atoms with Crippen molar-refractivity contribution in [2.24, 2.45) is 0 Å². The molecule has 122 valence electrons. The monoisotopic (exact) mass is 392 g/mol. The molecule has 10 heteroatoms. The van der Waals surface area contributed by atoms with E-state index in [1.807, 2.05) is 6.92 Å². The van der Waals surface area contributed by atoms with E-state index < -0.39 is 22.7 Å². The van der Waals surface area contributed by atoms with Gasteiger partial charge in [-0.2, -0.15) is 17.5 Å². The van der Waals surface area contributed by atoms with Crippen molar-refractivity contribution in [3.8, 4) is 0 Å². The van der Waals surface area contributed by atoms with Crippen LogP contribution < -0.4 is 5.32 Å². The van der Waals surface area contributed by atoms with Crippen LogP contribution in [0.15, 0.2) is 20.0 Å². The van der Waals surface area contributed by atoms with E-state index in [2.05, 4.69) is 21.2 Å². The molecule has 0 bridgehead atoms. The van der Waals surface area contributed by atoms with Crippen molar-refractivity contribution >= 4 is 26.0 Å². The van der Waals surface area contributed by atoms with Gasteiger partial charge in [-0.15, -0.1) is 0 Å². The topological polar surface area (TPSA) is 62.6 Å². The third-order valence-corrected chi connectivity index (χ3v) is 5.36. The molecular formula is C11H16BrF3N2O3S. The predicted molar refractivity (Wildman–Crippen MR) is 74.3 cm³/mol. The zero-order chi connectivity index (χ0) is 16.3. The molecule has 1 N–H and O–H groups in total. The predicted octanol–water partition coefficient (Wildman–Crippen LogP) is 2.72. The van der Waals surface area contributed by atoms with Crippen molar-refractivity contribution < 1.29 is 26.0 Å². The Balaban J connectivity index is 3.08. The number of alkyl halides is 3. The Bertz CT molecular complexity index is 572. The van der Waals surface area contributed by atoms with Gasteiger partial charge >= 0.3 is 6.18 Å². The second kappa shape index (κ2) is 7.12. The normalized spacial score (nSPS) is 13.1. The standard InChI is InChI=1S/C11H16BrF3N2O3S/c1-3-16-6-8-5-9(10(12)20-8)21(18,19)17(4-2)7-11(13,14)15/h5,16H,3-4,6-7H2,1-2H3. The maximum Gasteiger partial charge on any atom is 0.402 e. The van der Waals surface area contributed by atoms with E-state index in [0.29, 0.717) is 16.6 Å². The summed E-state index contributed by atoms with van der Waals surface area (Å²) in [6, 6.07) is 1.22. The van der Waals surface area contributed by atoms with Crippen LogP contribution in [-0.2, 0) is 16.6 Å². The molecule has 0 aromatic carbocycles. The zero-order valence-corrected chi connectivity index (χ0v) is 13.9. The van der Waals surface area contributed by atoms with Gasteiger partial charge in [-0.25, -0.2) is 8.42 Å². The first kappa shape index (κ1) is 18.5. The maximum atomic E-state index is 12.5. The van der Waals surface area contributed by atoms with Crippen molar-refractivity contribution in [3.05, 3.63) is 16.5 Å². The van der Waals surface area contributed by atoms with Gasteiger partial charge in [0.15, 0.2) is 4.67 Å². The summed E-state index contributed by atoms with van der Waals surface area (Å²) in [6.07, 6.45) is -4.61. The van der Waals surface area contributed by atoms with Crippen molar-refractivity contribution in [1.29, 1.82) is 0 Å². The Morgan fingerprint density at radius 2 is 2.00 bits per heavy atom. The minimum atomic E-state index is -4.61. The molecular weight excluding hydrogens is 377 g/mol. The second-order valence-electron chi connectivity index (χ2n) is 4.18. The van der Waals surface area contributed by atoms with Crippen LogP contribution in [-0.4, -0.2) is 38.5 Å². The van der Waals surface area contributed by atoms with Crippen LogP contribution >= 0.6 is 15.9 Å². The smallest absolute Gasteiger partial charge is 0.402 e. The van der Waals surface area contributed by atoms with Gasteiger partial charge in [-0.1, -0.05) is 13.8 Å². The van der Waals surface area contributed by atoms with Gasteiger partial charge in [0.05, 0.1) is 6.54 Å². The van der Waals surface area contributed by atoms with Crippen LogP contribution in [0.5, 0.6) is 0 Å². The highest BCUT2D eigenvalue weighted by Gasteiger charge is 2.37. The minimum absolute atomic E-state index is 0.101. The van der Waals surface area contributed by atoms with Crippen LogP contribution in [0.3, 0.4) is 0 Å². The molecule has 0 amide bonds. The number of furan rings is 1. The van der Waals surface area contributed by atoms with Crippen LogP contribution in [0.25, 0.3) is 0 Å². The molecule has 0 unspecified atom stereocenters. The Labute approximate surface area is 129 Å². The third kappa shape index (κ3) is 4.97.